The summed E-state index contributed by atoms with van der Waals surface area (Å²) < 4.78 is 0. The third-order valence-corrected chi connectivity index (χ3v) is 3.86. The molecular weight excluding hydrogens is 204 g/mol. The Morgan fingerprint density at radius 1 is 1.53 bits per heavy atom. The zero-order chi connectivity index (χ0) is 10.7. The van der Waals surface area contributed by atoms with E-state index >= 15 is 0 Å². The Hall–Kier alpha value is -1.14. The van der Waals surface area contributed by atoms with Gasteiger partial charge in [0.25, 0.3) is 0 Å². The maximum Gasteiger partial charge on any atom is 0.0992 e. The van der Waals surface area contributed by atoms with Crippen molar-refractivity contribution in [2.45, 2.75) is 13.0 Å². The van der Waals surface area contributed by atoms with E-state index in [0.29, 0.717) is 6.04 Å². The van der Waals surface area contributed by atoms with Crippen LogP contribution in [0.3, 0.4) is 0 Å². The minimum absolute atomic E-state index is 0.567. The van der Waals surface area contributed by atoms with Gasteiger partial charge in [0.05, 0.1) is 11.6 Å². The lowest BCUT2D eigenvalue weighted by atomic mass is 10.2. The second kappa shape index (κ2) is 4.59. The highest BCUT2D eigenvalue weighted by atomic mass is 32.2. The van der Waals surface area contributed by atoms with Gasteiger partial charge in [0.2, 0.25) is 0 Å². The molecule has 0 radical (unpaired) electrons. The molecule has 78 valence electrons. The molecule has 1 heterocycles. The Bertz CT molecular complexity index is 383. The summed E-state index contributed by atoms with van der Waals surface area (Å²) in [7, 11) is 0. The number of hydrogen-bond donors (Lipinski definition) is 0. The molecule has 0 aromatic heterocycles. The van der Waals surface area contributed by atoms with E-state index in [1.165, 1.54) is 17.2 Å². The van der Waals surface area contributed by atoms with Crippen molar-refractivity contribution in [2.24, 2.45) is 0 Å². The minimum Gasteiger partial charge on any atom is -0.367 e. The Kier molecular flexibility index (Phi) is 3.17. The molecular formula is C12H14N2S. The first-order valence-corrected chi connectivity index (χ1v) is 6.31. The van der Waals surface area contributed by atoms with E-state index < -0.39 is 0 Å². The van der Waals surface area contributed by atoms with Gasteiger partial charge < -0.3 is 4.90 Å². The third-order valence-electron chi connectivity index (χ3n) is 2.67. The van der Waals surface area contributed by atoms with Crippen LogP contribution in [0, 0.1) is 11.3 Å². The van der Waals surface area contributed by atoms with Crippen molar-refractivity contribution in [3.8, 4) is 6.07 Å². The van der Waals surface area contributed by atoms with E-state index in [1.807, 2.05) is 30.0 Å². The number of thioether (sulfide) groups is 1. The summed E-state index contributed by atoms with van der Waals surface area (Å²) in [5, 5.41) is 8.85. The molecule has 0 amide bonds. The summed E-state index contributed by atoms with van der Waals surface area (Å²) >= 11 is 2.00. The average Bonchev–Trinajstić information content (AvgIpc) is 2.30. The van der Waals surface area contributed by atoms with Gasteiger partial charge in [-0.2, -0.15) is 17.0 Å². The van der Waals surface area contributed by atoms with Crippen LogP contribution in [0.15, 0.2) is 24.3 Å². The van der Waals surface area contributed by atoms with Crippen molar-refractivity contribution in [1.82, 2.24) is 0 Å². The van der Waals surface area contributed by atoms with Crippen LogP contribution in [0.5, 0.6) is 0 Å². The fourth-order valence-corrected chi connectivity index (χ4v) is 2.88. The quantitative estimate of drug-likeness (QED) is 0.724. The SMILES string of the molecule is CC1CSCCN1c1cccc(C#N)c1. The van der Waals surface area contributed by atoms with Crippen molar-refractivity contribution in [3.63, 3.8) is 0 Å². The highest BCUT2D eigenvalue weighted by Gasteiger charge is 2.18. The highest BCUT2D eigenvalue weighted by Crippen LogP contribution is 2.24. The van der Waals surface area contributed by atoms with Crippen molar-refractivity contribution in [1.29, 1.82) is 5.26 Å². The molecule has 1 fully saturated rings. The number of rotatable bonds is 1. The van der Waals surface area contributed by atoms with E-state index in [2.05, 4.69) is 24.0 Å². The van der Waals surface area contributed by atoms with Crippen LogP contribution in [0.2, 0.25) is 0 Å². The molecule has 2 rings (SSSR count). The lowest BCUT2D eigenvalue weighted by molar-refractivity contribution is 0.700. The Morgan fingerprint density at radius 2 is 2.40 bits per heavy atom. The van der Waals surface area contributed by atoms with Gasteiger partial charge in [0.1, 0.15) is 0 Å². The predicted molar refractivity (Wildman–Crippen MR) is 65.3 cm³/mol. The van der Waals surface area contributed by atoms with E-state index in [-0.39, 0.29) is 0 Å². The van der Waals surface area contributed by atoms with Gasteiger partial charge in [-0.1, -0.05) is 6.07 Å². The first kappa shape index (κ1) is 10.4. The monoisotopic (exact) mass is 218 g/mol. The Morgan fingerprint density at radius 3 is 3.13 bits per heavy atom. The lowest BCUT2D eigenvalue weighted by Gasteiger charge is -2.35. The molecule has 3 heteroatoms. The summed E-state index contributed by atoms with van der Waals surface area (Å²) in [6.45, 7) is 3.33. The first-order valence-electron chi connectivity index (χ1n) is 5.16. The van der Waals surface area contributed by atoms with Gasteiger partial charge in [-0.05, 0) is 25.1 Å². The zero-order valence-electron chi connectivity index (χ0n) is 8.81. The van der Waals surface area contributed by atoms with Crippen LogP contribution in [-0.4, -0.2) is 24.1 Å². The van der Waals surface area contributed by atoms with Crippen LogP contribution in [-0.2, 0) is 0 Å². The van der Waals surface area contributed by atoms with Crippen molar-refractivity contribution < 1.29 is 0 Å². The predicted octanol–water partition coefficient (Wildman–Crippen LogP) is 2.50. The highest BCUT2D eigenvalue weighted by molar-refractivity contribution is 7.99. The van der Waals surface area contributed by atoms with Gasteiger partial charge in [0.15, 0.2) is 0 Å². The van der Waals surface area contributed by atoms with E-state index in [0.717, 1.165) is 12.1 Å². The zero-order valence-corrected chi connectivity index (χ0v) is 9.63. The van der Waals surface area contributed by atoms with Crippen LogP contribution < -0.4 is 4.90 Å². The van der Waals surface area contributed by atoms with Gasteiger partial charge >= 0.3 is 0 Å². The smallest absolute Gasteiger partial charge is 0.0992 e. The molecule has 0 bridgehead atoms. The molecule has 1 aliphatic heterocycles. The summed E-state index contributed by atoms with van der Waals surface area (Å²) in [6.07, 6.45) is 0. The van der Waals surface area contributed by atoms with Gasteiger partial charge in [-0.3, -0.25) is 0 Å². The third kappa shape index (κ3) is 2.27. The normalized spacial score (nSPS) is 21.1. The van der Waals surface area contributed by atoms with E-state index in [4.69, 9.17) is 5.26 Å². The number of nitrogens with zero attached hydrogens (tertiary/aromatic N) is 2. The molecule has 0 N–H and O–H groups in total. The van der Waals surface area contributed by atoms with Crippen molar-refractivity contribution in [3.05, 3.63) is 29.8 Å². The molecule has 1 atom stereocenters. The number of benzene rings is 1. The molecule has 0 aliphatic carbocycles. The second-order valence-corrected chi connectivity index (χ2v) is 4.93. The molecule has 0 spiro atoms. The van der Waals surface area contributed by atoms with Gasteiger partial charge in [-0.15, -0.1) is 0 Å². The first-order chi connectivity index (χ1) is 7.31. The summed E-state index contributed by atoms with van der Waals surface area (Å²) in [5.74, 6) is 2.36. The molecule has 1 aromatic carbocycles. The minimum atomic E-state index is 0.567. The van der Waals surface area contributed by atoms with E-state index in [9.17, 15) is 0 Å². The molecule has 0 saturated carbocycles. The van der Waals surface area contributed by atoms with Crippen LogP contribution in [0.25, 0.3) is 0 Å². The summed E-state index contributed by atoms with van der Waals surface area (Å²) in [4.78, 5) is 2.39. The van der Waals surface area contributed by atoms with Gasteiger partial charge in [-0.25, -0.2) is 0 Å². The largest absolute Gasteiger partial charge is 0.367 e. The summed E-state index contributed by atoms with van der Waals surface area (Å²) in [6, 6.07) is 10.6. The van der Waals surface area contributed by atoms with Gasteiger partial charge in [0, 0.05) is 29.8 Å². The number of nitriles is 1. The Balaban J connectivity index is 2.24. The maximum absolute atomic E-state index is 8.85. The van der Waals surface area contributed by atoms with Crippen molar-refractivity contribution in [2.75, 3.05) is 23.0 Å². The molecule has 1 aliphatic rings. The molecule has 1 aromatic rings. The fourth-order valence-electron chi connectivity index (χ4n) is 1.86. The summed E-state index contributed by atoms with van der Waals surface area (Å²) in [5.41, 5.74) is 1.93. The van der Waals surface area contributed by atoms with Crippen LogP contribution in [0.1, 0.15) is 12.5 Å². The molecule has 2 nitrogen and oxygen atoms in total. The maximum atomic E-state index is 8.85. The second-order valence-electron chi connectivity index (χ2n) is 3.78. The van der Waals surface area contributed by atoms with Crippen molar-refractivity contribution >= 4 is 17.4 Å². The number of anilines is 1. The number of hydrogen-bond acceptors (Lipinski definition) is 3. The molecule has 1 saturated heterocycles. The average molecular weight is 218 g/mol. The van der Waals surface area contributed by atoms with Crippen LogP contribution in [0.4, 0.5) is 5.69 Å². The topological polar surface area (TPSA) is 27.0 Å². The molecule has 1 unspecified atom stereocenters. The molecule has 15 heavy (non-hydrogen) atoms. The fraction of sp³-hybridized carbons (Fsp3) is 0.417. The van der Waals surface area contributed by atoms with Crippen LogP contribution >= 0.6 is 11.8 Å². The standard InChI is InChI=1S/C12H14N2S/c1-10-9-15-6-5-14(10)12-4-2-3-11(7-12)8-13/h2-4,7,10H,5-6,9H2,1H3. The Labute approximate surface area is 94.9 Å². The van der Waals surface area contributed by atoms with E-state index in [1.54, 1.807) is 0 Å². The lowest BCUT2D eigenvalue weighted by Crippen LogP contribution is -2.40.